The molecule has 2 rings (SSSR count). The lowest BCUT2D eigenvalue weighted by molar-refractivity contribution is -0.137. The van der Waals surface area contributed by atoms with Crippen molar-refractivity contribution in [3.8, 4) is 5.69 Å². The zero-order valence-electron chi connectivity index (χ0n) is 8.54. The monoisotopic (exact) mass is 236 g/mol. The van der Waals surface area contributed by atoms with Crippen LogP contribution in [0.4, 0.5) is 0 Å². The molecule has 0 saturated heterocycles. The van der Waals surface area contributed by atoms with E-state index in [-0.39, 0.29) is 6.42 Å². The van der Waals surface area contributed by atoms with Gasteiger partial charge in [-0.05, 0) is 23.6 Å². The van der Waals surface area contributed by atoms with Crippen LogP contribution in [-0.4, -0.2) is 15.6 Å². The molecule has 1 unspecified atom stereocenters. The minimum atomic E-state index is -0.876. The molecule has 0 amide bonds. The summed E-state index contributed by atoms with van der Waals surface area (Å²) in [6.07, 6.45) is 3.78. The highest BCUT2D eigenvalue weighted by Crippen LogP contribution is 2.28. The maximum atomic E-state index is 10.6. The van der Waals surface area contributed by atoms with Gasteiger partial charge in [-0.2, -0.15) is 0 Å². The van der Waals surface area contributed by atoms with Gasteiger partial charge in [-0.25, -0.2) is 0 Å². The summed E-state index contributed by atoms with van der Waals surface area (Å²) >= 11 is 1.49. The Hall–Kier alpha value is -1.59. The number of carbonyl (C=O) groups is 1. The number of rotatable bonds is 4. The number of aromatic nitrogens is 1. The first-order chi connectivity index (χ1) is 7.68. The number of hydrogen-bond donors (Lipinski definition) is 2. The third-order valence-electron chi connectivity index (χ3n) is 2.29. The zero-order valence-corrected chi connectivity index (χ0v) is 9.35. The second-order valence-corrected chi connectivity index (χ2v) is 4.41. The van der Waals surface area contributed by atoms with E-state index in [9.17, 15) is 4.79 Å². The lowest BCUT2D eigenvalue weighted by atomic mass is 10.1. The van der Waals surface area contributed by atoms with Crippen molar-refractivity contribution in [2.24, 2.45) is 5.73 Å². The van der Waals surface area contributed by atoms with E-state index in [0.717, 1.165) is 10.6 Å². The quantitative estimate of drug-likeness (QED) is 0.853. The summed E-state index contributed by atoms with van der Waals surface area (Å²) in [5.74, 6) is -0.876. The molecule has 0 aliphatic heterocycles. The molecule has 0 fully saturated rings. The molecule has 0 aliphatic rings. The van der Waals surface area contributed by atoms with Crippen LogP contribution in [0.15, 0.2) is 36.0 Å². The third-order valence-corrected chi connectivity index (χ3v) is 3.33. The molecule has 2 aromatic rings. The normalized spacial score (nSPS) is 12.6. The smallest absolute Gasteiger partial charge is 0.305 e. The Balaban J connectivity index is 2.29. The summed E-state index contributed by atoms with van der Waals surface area (Å²) in [6, 6.07) is 5.34. The first kappa shape index (κ1) is 10.9. The molecule has 3 N–H and O–H groups in total. The van der Waals surface area contributed by atoms with E-state index < -0.39 is 12.0 Å². The Bertz CT molecular complexity index is 476. The van der Waals surface area contributed by atoms with Crippen molar-refractivity contribution >= 4 is 17.3 Å². The molecule has 2 aromatic heterocycles. The van der Waals surface area contributed by atoms with E-state index in [1.165, 1.54) is 11.3 Å². The Morgan fingerprint density at radius 1 is 1.50 bits per heavy atom. The molecular formula is C11H12N2O2S. The van der Waals surface area contributed by atoms with Gasteiger partial charge in [0.05, 0.1) is 18.2 Å². The second-order valence-electron chi connectivity index (χ2n) is 3.46. The fourth-order valence-electron chi connectivity index (χ4n) is 1.58. The minimum Gasteiger partial charge on any atom is -0.481 e. The molecule has 0 saturated carbocycles. The molecule has 5 heteroatoms. The average Bonchev–Trinajstić information content (AvgIpc) is 2.87. The molecule has 2 heterocycles. The van der Waals surface area contributed by atoms with E-state index in [4.69, 9.17) is 10.8 Å². The molecule has 1 atom stereocenters. The summed E-state index contributed by atoms with van der Waals surface area (Å²) in [4.78, 5) is 11.5. The number of nitrogens with two attached hydrogens (primary N) is 1. The predicted octanol–water partition coefficient (Wildman–Crippen LogP) is 2.01. The highest BCUT2D eigenvalue weighted by Gasteiger charge is 2.16. The molecular weight excluding hydrogens is 224 g/mol. The number of hydrogen-bond acceptors (Lipinski definition) is 3. The number of aliphatic carboxylic acids is 1. The highest BCUT2D eigenvalue weighted by atomic mass is 32.1. The maximum Gasteiger partial charge on any atom is 0.305 e. The van der Waals surface area contributed by atoms with E-state index in [1.54, 1.807) is 0 Å². The minimum absolute atomic E-state index is 0.0468. The molecule has 16 heavy (non-hydrogen) atoms. The molecule has 84 valence electrons. The summed E-state index contributed by atoms with van der Waals surface area (Å²) < 4.78 is 1.94. The third kappa shape index (κ3) is 2.15. The Kier molecular flexibility index (Phi) is 3.07. The zero-order chi connectivity index (χ0) is 11.5. The SMILES string of the molecule is NC(CC(=O)O)c1sccc1-n1cccc1. The lowest BCUT2D eigenvalue weighted by Gasteiger charge is -2.10. The maximum absolute atomic E-state index is 10.6. The van der Waals surface area contributed by atoms with Gasteiger partial charge >= 0.3 is 5.97 Å². The number of nitrogens with zero attached hydrogens (tertiary/aromatic N) is 1. The van der Waals surface area contributed by atoms with Crippen LogP contribution in [0.2, 0.25) is 0 Å². The Morgan fingerprint density at radius 2 is 2.19 bits per heavy atom. The summed E-state index contributed by atoms with van der Waals surface area (Å²) in [6.45, 7) is 0. The summed E-state index contributed by atoms with van der Waals surface area (Å²) in [5.41, 5.74) is 6.83. The van der Waals surface area contributed by atoms with Gasteiger partial charge < -0.3 is 15.4 Å². The number of thiophene rings is 1. The van der Waals surface area contributed by atoms with Crippen molar-refractivity contribution in [2.45, 2.75) is 12.5 Å². The fourth-order valence-corrected chi connectivity index (χ4v) is 2.48. The van der Waals surface area contributed by atoms with Crippen LogP contribution in [0.25, 0.3) is 5.69 Å². The van der Waals surface area contributed by atoms with Gasteiger partial charge in [-0.1, -0.05) is 0 Å². The Labute approximate surface area is 96.9 Å². The van der Waals surface area contributed by atoms with Crippen molar-refractivity contribution in [2.75, 3.05) is 0 Å². The van der Waals surface area contributed by atoms with Crippen molar-refractivity contribution < 1.29 is 9.90 Å². The van der Waals surface area contributed by atoms with Gasteiger partial charge in [-0.15, -0.1) is 11.3 Å². The van der Waals surface area contributed by atoms with Crippen LogP contribution in [-0.2, 0) is 4.79 Å². The van der Waals surface area contributed by atoms with Gasteiger partial charge in [0.2, 0.25) is 0 Å². The van der Waals surface area contributed by atoms with Gasteiger partial charge in [0.25, 0.3) is 0 Å². The average molecular weight is 236 g/mol. The van der Waals surface area contributed by atoms with E-state index in [1.807, 2.05) is 40.5 Å². The highest BCUT2D eigenvalue weighted by molar-refractivity contribution is 7.10. The van der Waals surface area contributed by atoms with Crippen LogP contribution >= 0.6 is 11.3 Å². The van der Waals surface area contributed by atoms with Crippen LogP contribution in [0.3, 0.4) is 0 Å². The van der Waals surface area contributed by atoms with Crippen molar-refractivity contribution in [3.63, 3.8) is 0 Å². The van der Waals surface area contributed by atoms with Gasteiger partial charge in [0, 0.05) is 17.3 Å². The second kappa shape index (κ2) is 4.51. The van der Waals surface area contributed by atoms with Crippen LogP contribution in [0.1, 0.15) is 17.3 Å². The molecule has 0 aromatic carbocycles. The summed E-state index contributed by atoms with van der Waals surface area (Å²) in [5, 5.41) is 10.6. The molecule has 0 spiro atoms. The molecule has 4 nitrogen and oxygen atoms in total. The number of carboxylic acids is 1. The van der Waals surface area contributed by atoms with Crippen molar-refractivity contribution in [1.82, 2.24) is 4.57 Å². The summed E-state index contributed by atoms with van der Waals surface area (Å²) in [7, 11) is 0. The van der Waals surface area contributed by atoms with Crippen molar-refractivity contribution in [3.05, 3.63) is 40.8 Å². The Morgan fingerprint density at radius 3 is 2.81 bits per heavy atom. The molecule has 0 aliphatic carbocycles. The van der Waals surface area contributed by atoms with Gasteiger partial charge in [-0.3, -0.25) is 4.79 Å². The van der Waals surface area contributed by atoms with Crippen molar-refractivity contribution in [1.29, 1.82) is 0 Å². The van der Waals surface area contributed by atoms with E-state index in [0.29, 0.717) is 0 Å². The van der Waals surface area contributed by atoms with Crippen LogP contribution in [0.5, 0.6) is 0 Å². The standard InChI is InChI=1S/C11H12N2O2S/c12-8(7-10(14)15)11-9(3-6-16-11)13-4-1-2-5-13/h1-6,8H,7,12H2,(H,14,15). The van der Waals surface area contributed by atoms with Crippen LogP contribution in [0, 0.1) is 0 Å². The predicted molar refractivity (Wildman–Crippen MR) is 62.8 cm³/mol. The lowest BCUT2D eigenvalue weighted by Crippen LogP contribution is -2.15. The number of carboxylic acid groups (broad SMARTS) is 1. The fraction of sp³-hybridized carbons (Fsp3) is 0.182. The van der Waals surface area contributed by atoms with Gasteiger partial charge in [0.15, 0.2) is 0 Å². The first-order valence-corrected chi connectivity index (χ1v) is 5.74. The topological polar surface area (TPSA) is 68.2 Å². The van der Waals surface area contributed by atoms with E-state index in [2.05, 4.69) is 0 Å². The molecule has 0 bridgehead atoms. The first-order valence-electron chi connectivity index (χ1n) is 4.86. The largest absolute Gasteiger partial charge is 0.481 e. The van der Waals surface area contributed by atoms with E-state index >= 15 is 0 Å². The molecule has 0 radical (unpaired) electrons. The van der Waals surface area contributed by atoms with Crippen LogP contribution < -0.4 is 5.73 Å². The van der Waals surface area contributed by atoms with Gasteiger partial charge in [0.1, 0.15) is 0 Å².